The van der Waals surface area contributed by atoms with Gasteiger partial charge in [-0.25, -0.2) is 0 Å². The molecule has 0 radical (unpaired) electrons. The Hall–Kier alpha value is -2.69. The van der Waals surface area contributed by atoms with E-state index < -0.39 is 0 Å². The van der Waals surface area contributed by atoms with Gasteiger partial charge in [-0.1, -0.05) is 30.3 Å². The summed E-state index contributed by atoms with van der Waals surface area (Å²) in [6.45, 7) is 2.09. The molecule has 3 saturated heterocycles. The summed E-state index contributed by atoms with van der Waals surface area (Å²) in [5.41, 5.74) is 1.66. The van der Waals surface area contributed by atoms with Gasteiger partial charge >= 0.3 is 0 Å². The second kappa shape index (κ2) is 7.28. The maximum atomic E-state index is 12.9. The Morgan fingerprint density at radius 1 is 1.00 bits per heavy atom. The van der Waals surface area contributed by atoms with Crippen molar-refractivity contribution < 1.29 is 9.59 Å². The molecule has 5 nitrogen and oxygen atoms in total. The molecule has 1 aromatic carbocycles. The van der Waals surface area contributed by atoms with Gasteiger partial charge in [0.05, 0.1) is 12.0 Å². The molecular formula is C21H23N3O2. The summed E-state index contributed by atoms with van der Waals surface area (Å²) in [5.74, 6) is 0.544. The highest BCUT2D eigenvalue weighted by Gasteiger charge is 2.38. The number of benzene rings is 1. The lowest BCUT2D eigenvalue weighted by Crippen LogP contribution is -2.48. The first kappa shape index (κ1) is 16.8. The molecule has 0 N–H and O–H groups in total. The van der Waals surface area contributed by atoms with Crippen LogP contribution in [0.5, 0.6) is 0 Å². The summed E-state index contributed by atoms with van der Waals surface area (Å²) >= 11 is 0. The normalized spacial score (nSPS) is 22.2. The van der Waals surface area contributed by atoms with Gasteiger partial charge in [0.25, 0.3) is 5.91 Å². The molecule has 26 heavy (non-hydrogen) atoms. The second-order valence-electron chi connectivity index (χ2n) is 7.26. The number of fused-ring (bicyclic) bond motifs is 4. The molecule has 2 atom stereocenters. The van der Waals surface area contributed by atoms with E-state index >= 15 is 0 Å². The van der Waals surface area contributed by atoms with Gasteiger partial charge < -0.3 is 9.80 Å². The highest BCUT2D eigenvalue weighted by molar-refractivity contribution is 5.94. The number of aromatic nitrogens is 1. The van der Waals surface area contributed by atoms with E-state index in [4.69, 9.17) is 0 Å². The zero-order chi connectivity index (χ0) is 17.9. The van der Waals surface area contributed by atoms with Crippen molar-refractivity contribution in [3.8, 4) is 0 Å². The molecule has 2 unspecified atom stereocenters. The van der Waals surface area contributed by atoms with Gasteiger partial charge in [0.2, 0.25) is 5.91 Å². The predicted molar refractivity (Wildman–Crippen MR) is 98.5 cm³/mol. The van der Waals surface area contributed by atoms with Crippen molar-refractivity contribution in [1.82, 2.24) is 14.8 Å². The third-order valence-electron chi connectivity index (χ3n) is 5.43. The van der Waals surface area contributed by atoms with Gasteiger partial charge in [-0.05, 0) is 36.5 Å². The molecule has 134 valence electrons. The van der Waals surface area contributed by atoms with Crippen LogP contribution in [0.4, 0.5) is 0 Å². The highest BCUT2D eigenvalue weighted by Crippen LogP contribution is 2.29. The molecule has 2 aromatic rings. The Bertz CT molecular complexity index is 778. The fraction of sp³-hybridized carbons (Fsp3) is 0.381. The molecule has 2 amide bonds. The molecule has 0 aliphatic carbocycles. The summed E-state index contributed by atoms with van der Waals surface area (Å²) in [7, 11) is 0. The molecule has 3 aliphatic rings. The lowest BCUT2D eigenvalue weighted by Gasteiger charge is -2.36. The zero-order valence-corrected chi connectivity index (χ0v) is 14.8. The molecule has 5 heteroatoms. The van der Waals surface area contributed by atoms with E-state index in [1.165, 1.54) is 0 Å². The fourth-order valence-electron chi connectivity index (χ4n) is 4.10. The maximum absolute atomic E-state index is 12.9. The van der Waals surface area contributed by atoms with Gasteiger partial charge in [0.1, 0.15) is 0 Å². The monoisotopic (exact) mass is 349 g/mol. The second-order valence-corrected chi connectivity index (χ2v) is 7.26. The van der Waals surface area contributed by atoms with Crippen molar-refractivity contribution in [2.75, 3.05) is 19.6 Å². The number of carbonyl (C=O) groups excluding carboxylic acids is 2. The van der Waals surface area contributed by atoms with Crippen LogP contribution in [0, 0.1) is 5.92 Å². The number of amides is 2. The minimum absolute atomic E-state index is 0.0207. The van der Waals surface area contributed by atoms with Gasteiger partial charge in [-0.3, -0.25) is 14.6 Å². The summed E-state index contributed by atoms with van der Waals surface area (Å²) in [5, 5.41) is 0. The predicted octanol–water partition coefficient (Wildman–Crippen LogP) is 2.39. The number of rotatable bonds is 3. The van der Waals surface area contributed by atoms with Crippen molar-refractivity contribution in [3.63, 3.8) is 0 Å². The Balaban J connectivity index is 1.48. The van der Waals surface area contributed by atoms with Crippen LogP contribution in [0.2, 0.25) is 0 Å². The van der Waals surface area contributed by atoms with Crippen LogP contribution in [0.25, 0.3) is 0 Å². The molecule has 5 rings (SSSR count). The highest BCUT2D eigenvalue weighted by atomic mass is 16.2. The van der Waals surface area contributed by atoms with E-state index in [9.17, 15) is 9.59 Å². The number of carbonyl (C=O) groups is 2. The Morgan fingerprint density at radius 2 is 1.85 bits per heavy atom. The standard InChI is InChI=1S/C21H23N3O2/c25-20(11-16-5-2-1-3-6-16)24-14-17-8-9-19(24)15-23(13-17)21(26)18-7-4-10-22-12-18/h1-7,10,12,17,19H,8-9,11,13-15H2. The number of piperidine rings is 1. The van der Waals surface area contributed by atoms with E-state index in [1.54, 1.807) is 24.5 Å². The summed E-state index contributed by atoms with van der Waals surface area (Å²) < 4.78 is 0. The lowest BCUT2D eigenvalue weighted by molar-refractivity contribution is -0.134. The Kier molecular flexibility index (Phi) is 4.69. The van der Waals surface area contributed by atoms with Crippen LogP contribution in [-0.2, 0) is 11.2 Å². The largest absolute Gasteiger partial charge is 0.337 e. The van der Waals surface area contributed by atoms with E-state index in [0.717, 1.165) is 31.5 Å². The Morgan fingerprint density at radius 3 is 2.62 bits per heavy atom. The van der Waals surface area contributed by atoms with Crippen molar-refractivity contribution in [2.24, 2.45) is 5.92 Å². The molecule has 0 saturated carbocycles. The van der Waals surface area contributed by atoms with Crippen molar-refractivity contribution >= 4 is 11.8 Å². The van der Waals surface area contributed by atoms with Crippen LogP contribution in [0.3, 0.4) is 0 Å². The number of pyridine rings is 1. The maximum Gasteiger partial charge on any atom is 0.255 e. The third-order valence-corrected chi connectivity index (χ3v) is 5.43. The number of hydrogen-bond donors (Lipinski definition) is 0. The zero-order valence-electron chi connectivity index (χ0n) is 14.8. The average molecular weight is 349 g/mol. The molecular weight excluding hydrogens is 326 g/mol. The minimum atomic E-state index is 0.0207. The van der Waals surface area contributed by atoms with Crippen LogP contribution in [0.1, 0.15) is 28.8 Å². The minimum Gasteiger partial charge on any atom is -0.337 e. The first-order valence-electron chi connectivity index (χ1n) is 9.23. The first-order chi connectivity index (χ1) is 12.7. The topological polar surface area (TPSA) is 53.5 Å². The fourth-order valence-corrected chi connectivity index (χ4v) is 4.10. The lowest BCUT2D eigenvalue weighted by atomic mass is 9.94. The number of nitrogens with zero attached hydrogens (tertiary/aromatic N) is 3. The van der Waals surface area contributed by atoms with Crippen LogP contribution < -0.4 is 0 Å². The van der Waals surface area contributed by atoms with Crippen molar-refractivity contribution in [3.05, 3.63) is 66.0 Å². The molecule has 3 fully saturated rings. The van der Waals surface area contributed by atoms with Gasteiger partial charge in [0.15, 0.2) is 0 Å². The van der Waals surface area contributed by atoms with Crippen molar-refractivity contribution in [2.45, 2.75) is 25.3 Å². The third kappa shape index (κ3) is 3.47. The number of hydrogen-bond acceptors (Lipinski definition) is 3. The summed E-state index contributed by atoms with van der Waals surface area (Å²) in [4.78, 5) is 33.7. The molecule has 0 spiro atoms. The van der Waals surface area contributed by atoms with Crippen LogP contribution in [0.15, 0.2) is 54.9 Å². The van der Waals surface area contributed by atoms with Gasteiger partial charge in [-0.2, -0.15) is 0 Å². The van der Waals surface area contributed by atoms with Crippen LogP contribution >= 0.6 is 0 Å². The van der Waals surface area contributed by atoms with E-state index in [-0.39, 0.29) is 17.9 Å². The smallest absolute Gasteiger partial charge is 0.255 e. The quantitative estimate of drug-likeness (QED) is 0.855. The van der Waals surface area contributed by atoms with Gasteiger partial charge in [0, 0.05) is 38.1 Å². The summed E-state index contributed by atoms with van der Waals surface area (Å²) in [6, 6.07) is 13.6. The van der Waals surface area contributed by atoms with Crippen LogP contribution in [-0.4, -0.2) is 52.3 Å². The van der Waals surface area contributed by atoms with E-state index in [0.29, 0.717) is 24.4 Å². The van der Waals surface area contributed by atoms with E-state index in [1.807, 2.05) is 40.1 Å². The molecule has 4 heterocycles. The Labute approximate surface area is 153 Å². The first-order valence-corrected chi connectivity index (χ1v) is 9.23. The van der Waals surface area contributed by atoms with E-state index in [2.05, 4.69) is 4.98 Å². The summed E-state index contributed by atoms with van der Waals surface area (Å²) in [6.07, 6.45) is 5.78. The SMILES string of the molecule is O=C(c1cccnc1)N1CC2CCC(C1)N(C(=O)Cc1ccccc1)C2. The molecule has 1 aromatic heterocycles. The van der Waals surface area contributed by atoms with Gasteiger partial charge in [-0.15, -0.1) is 0 Å². The van der Waals surface area contributed by atoms with Crippen molar-refractivity contribution in [1.29, 1.82) is 0 Å². The average Bonchev–Trinajstić information content (AvgIpc) is 3.01. The molecule has 2 bridgehead atoms. The molecule has 3 aliphatic heterocycles.